The molecule has 4 nitrogen and oxygen atoms in total. The minimum Gasteiger partial charge on any atom is -0.506 e. The molecule has 2 aromatic carbocycles. The summed E-state index contributed by atoms with van der Waals surface area (Å²) in [4.78, 5) is 13.1. The van der Waals surface area contributed by atoms with Crippen LogP contribution in [0.1, 0.15) is 18.1 Å². The van der Waals surface area contributed by atoms with Gasteiger partial charge in [0.2, 0.25) is 5.91 Å². The number of hydrogen-bond acceptors (Lipinski definition) is 4. The summed E-state index contributed by atoms with van der Waals surface area (Å²) in [5.41, 5.74) is 4.01. The number of hydrogen-bond donors (Lipinski definition) is 2. The van der Waals surface area contributed by atoms with E-state index >= 15 is 0 Å². The molecule has 0 saturated heterocycles. The van der Waals surface area contributed by atoms with E-state index < -0.39 is 0 Å². The molecule has 0 radical (unpaired) electrons. The number of halogens is 2. The first-order valence-corrected chi connectivity index (χ1v) is 8.95. The highest BCUT2D eigenvalue weighted by atomic mass is 35.5. The van der Waals surface area contributed by atoms with Gasteiger partial charge in [0.25, 0.3) is 0 Å². The van der Waals surface area contributed by atoms with Crippen LogP contribution in [0.3, 0.4) is 0 Å². The molecule has 1 amide bonds. The zero-order valence-corrected chi connectivity index (χ0v) is 15.3. The van der Waals surface area contributed by atoms with Gasteiger partial charge in [0.1, 0.15) is 5.75 Å². The van der Waals surface area contributed by atoms with E-state index in [2.05, 4.69) is 17.5 Å². The van der Waals surface area contributed by atoms with Crippen LogP contribution in [0.25, 0.3) is 0 Å². The summed E-state index contributed by atoms with van der Waals surface area (Å²) in [6.45, 7) is 2.05. The van der Waals surface area contributed by atoms with Gasteiger partial charge < -0.3 is 5.11 Å². The predicted molar refractivity (Wildman–Crippen MR) is 100 cm³/mol. The Labute approximate surface area is 154 Å². The lowest BCUT2D eigenvalue weighted by atomic mass is 10.1. The minimum atomic E-state index is -0.239. The second-order valence-corrected chi connectivity index (χ2v) is 7.02. The fraction of sp³-hybridized carbons (Fsp3) is 0.176. The summed E-state index contributed by atoms with van der Waals surface area (Å²) in [5.74, 6) is 0.673. The zero-order chi connectivity index (χ0) is 17.5. The maximum atomic E-state index is 12.0. The molecule has 126 valence electrons. The smallest absolute Gasteiger partial charge is 0.244 e. The molecular formula is C17H16Cl2N2O2S. The number of hydrazone groups is 1. The first-order chi connectivity index (χ1) is 11.5. The molecule has 0 unspecified atom stereocenters. The van der Waals surface area contributed by atoms with Crippen LogP contribution in [0, 0.1) is 0 Å². The van der Waals surface area contributed by atoms with Crippen LogP contribution in [-0.4, -0.2) is 23.0 Å². The number of phenolic OH excluding ortho intramolecular Hbond substituents is 1. The molecule has 0 aromatic heterocycles. The Morgan fingerprint density at radius 1 is 1.29 bits per heavy atom. The van der Waals surface area contributed by atoms with E-state index in [1.165, 1.54) is 12.3 Å². The van der Waals surface area contributed by atoms with Crippen molar-refractivity contribution >= 4 is 47.1 Å². The maximum Gasteiger partial charge on any atom is 0.244 e. The van der Waals surface area contributed by atoms with Crippen molar-refractivity contribution < 1.29 is 9.90 Å². The number of phenols is 1. The molecule has 0 bridgehead atoms. The third-order valence-corrected chi connectivity index (χ3v) is 4.58. The van der Waals surface area contributed by atoms with Crippen molar-refractivity contribution in [2.75, 3.05) is 5.75 Å². The number of carbonyl (C=O) groups is 1. The van der Waals surface area contributed by atoms with Gasteiger partial charge in [0.15, 0.2) is 0 Å². The largest absolute Gasteiger partial charge is 0.506 e. The van der Waals surface area contributed by atoms with E-state index in [-0.39, 0.29) is 23.1 Å². The Morgan fingerprint density at radius 3 is 2.79 bits per heavy atom. The molecule has 0 aliphatic carbocycles. The maximum absolute atomic E-state index is 12.0. The Hall–Kier alpha value is -1.69. The van der Waals surface area contributed by atoms with E-state index in [0.717, 1.165) is 16.2 Å². The third kappa shape index (κ3) is 5.44. The number of aromatic hydroxyl groups is 1. The molecule has 2 aromatic rings. The van der Waals surface area contributed by atoms with Gasteiger partial charge in [-0.3, -0.25) is 4.79 Å². The average Bonchev–Trinajstić information content (AvgIpc) is 2.53. The van der Waals surface area contributed by atoms with Crippen LogP contribution in [0.2, 0.25) is 10.0 Å². The lowest BCUT2D eigenvalue weighted by molar-refractivity contribution is -0.120. The fourth-order valence-corrected chi connectivity index (χ4v) is 3.15. The highest BCUT2D eigenvalue weighted by molar-refractivity contribution is 7.99. The molecule has 2 N–H and O–H groups in total. The molecule has 0 heterocycles. The van der Waals surface area contributed by atoms with Crippen LogP contribution < -0.4 is 5.43 Å². The molecule has 0 fully saturated rings. The molecule has 0 aliphatic heterocycles. The molecular weight excluding hydrogens is 367 g/mol. The lowest BCUT2D eigenvalue weighted by Crippen LogP contribution is -2.20. The van der Waals surface area contributed by atoms with Crippen molar-refractivity contribution in [2.45, 2.75) is 18.2 Å². The average molecular weight is 383 g/mol. The van der Waals surface area contributed by atoms with Gasteiger partial charge in [0.05, 0.1) is 17.7 Å². The molecule has 0 spiro atoms. The second kappa shape index (κ2) is 8.97. The van der Waals surface area contributed by atoms with Crippen LogP contribution in [0.5, 0.6) is 5.75 Å². The molecule has 0 aliphatic rings. The topological polar surface area (TPSA) is 61.7 Å². The number of benzene rings is 2. The highest BCUT2D eigenvalue weighted by Gasteiger charge is 2.08. The van der Waals surface area contributed by atoms with Crippen molar-refractivity contribution in [3.8, 4) is 5.75 Å². The molecule has 0 atom stereocenters. The van der Waals surface area contributed by atoms with Gasteiger partial charge in [-0.15, -0.1) is 11.8 Å². The van der Waals surface area contributed by atoms with Gasteiger partial charge >= 0.3 is 0 Å². The number of carbonyl (C=O) groups excluding carboxylic acids is 1. The highest BCUT2D eigenvalue weighted by Crippen LogP contribution is 2.26. The number of nitrogens with zero attached hydrogens (tertiary/aromatic N) is 1. The standard InChI is InChI=1S/C17H16Cl2N2O2S/c1-2-24-16-6-4-13(18)8-12(16)9-17(23)21-20-10-11-3-5-15(22)14(19)7-11/h3-8,10,22H,2,9H2,1H3,(H,21,23)/b20-10-. The van der Waals surface area contributed by atoms with Crippen molar-refractivity contribution in [3.05, 3.63) is 57.6 Å². The summed E-state index contributed by atoms with van der Waals surface area (Å²) in [6, 6.07) is 10.2. The van der Waals surface area contributed by atoms with E-state index in [4.69, 9.17) is 23.2 Å². The van der Waals surface area contributed by atoms with E-state index in [0.29, 0.717) is 10.6 Å². The third-order valence-electron chi connectivity index (χ3n) is 3.05. The van der Waals surface area contributed by atoms with Gasteiger partial charge in [-0.05, 0) is 53.3 Å². The Balaban J connectivity index is 1.99. The molecule has 0 saturated carbocycles. The van der Waals surface area contributed by atoms with E-state index in [9.17, 15) is 9.90 Å². The number of rotatable bonds is 6. The van der Waals surface area contributed by atoms with E-state index in [1.807, 2.05) is 12.1 Å². The molecule has 7 heteroatoms. The second-order valence-electron chi connectivity index (χ2n) is 4.87. The number of nitrogens with one attached hydrogen (secondary N) is 1. The van der Waals surface area contributed by atoms with Gasteiger partial charge in [-0.25, -0.2) is 5.43 Å². The predicted octanol–water partition coefficient (Wildman–Crippen LogP) is 4.50. The molecule has 2 rings (SSSR count). The van der Waals surface area contributed by atoms with Crippen molar-refractivity contribution in [1.29, 1.82) is 0 Å². The van der Waals surface area contributed by atoms with E-state index in [1.54, 1.807) is 30.0 Å². The van der Waals surface area contributed by atoms with Gasteiger partial charge in [-0.2, -0.15) is 5.10 Å². The van der Waals surface area contributed by atoms with Crippen LogP contribution in [0.15, 0.2) is 46.4 Å². The Kier molecular flexibility index (Phi) is 6.97. The minimum absolute atomic E-state index is 0.000220. The quantitative estimate of drug-likeness (QED) is 0.439. The Bertz CT molecular complexity index is 766. The monoisotopic (exact) mass is 382 g/mol. The lowest BCUT2D eigenvalue weighted by Gasteiger charge is -2.08. The fourth-order valence-electron chi connectivity index (χ4n) is 1.98. The summed E-state index contributed by atoms with van der Waals surface area (Å²) in [6.07, 6.45) is 1.65. The number of thioether (sulfide) groups is 1. The SMILES string of the molecule is CCSc1ccc(Cl)cc1CC(=O)N/N=C\c1ccc(O)c(Cl)c1. The number of amides is 1. The van der Waals surface area contributed by atoms with Gasteiger partial charge in [0, 0.05) is 9.92 Å². The summed E-state index contributed by atoms with van der Waals surface area (Å²) >= 11 is 13.5. The summed E-state index contributed by atoms with van der Waals surface area (Å²) < 4.78 is 0. The van der Waals surface area contributed by atoms with Crippen molar-refractivity contribution in [2.24, 2.45) is 5.10 Å². The summed E-state index contributed by atoms with van der Waals surface area (Å²) in [5, 5.41) is 14.1. The normalized spacial score (nSPS) is 11.0. The Morgan fingerprint density at radius 2 is 2.08 bits per heavy atom. The molecule has 24 heavy (non-hydrogen) atoms. The van der Waals surface area contributed by atoms with Crippen LogP contribution in [-0.2, 0) is 11.2 Å². The van der Waals surface area contributed by atoms with Crippen LogP contribution in [0.4, 0.5) is 0 Å². The van der Waals surface area contributed by atoms with Crippen molar-refractivity contribution in [1.82, 2.24) is 5.43 Å². The first-order valence-electron chi connectivity index (χ1n) is 7.21. The summed E-state index contributed by atoms with van der Waals surface area (Å²) in [7, 11) is 0. The first kappa shape index (κ1) is 18.6. The van der Waals surface area contributed by atoms with Crippen LogP contribution >= 0.6 is 35.0 Å². The van der Waals surface area contributed by atoms with Gasteiger partial charge in [-0.1, -0.05) is 30.1 Å². The van der Waals surface area contributed by atoms with Crippen molar-refractivity contribution in [3.63, 3.8) is 0 Å². The zero-order valence-electron chi connectivity index (χ0n) is 12.9.